The fraction of sp³-hybridized carbons (Fsp3) is 0.143. The van der Waals surface area contributed by atoms with Gasteiger partial charge in [-0.15, -0.1) is 0 Å². The van der Waals surface area contributed by atoms with E-state index in [1.165, 1.54) is 12.1 Å². The Balaban J connectivity index is 2.04. The molecule has 0 saturated heterocycles. The lowest BCUT2D eigenvalue weighted by Crippen LogP contribution is -2.23. The average molecular weight is 326 g/mol. The van der Waals surface area contributed by atoms with Crippen LogP contribution in [0.4, 0.5) is 5.69 Å². The van der Waals surface area contributed by atoms with Crippen LogP contribution >= 0.6 is 23.2 Å². The molecule has 110 valence electrons. The quantitative estimate of drug-likeness (QED) is 0.847. The SMILES string of the molecule is COc1ccc(CNC(=O)c2cc(Cl)c(N)c(Cl)c2)cn1. The molecule has 5 nitrogen and oxygen atoms in total. The molecule has 0 aliphatic carbocycles. The molecule has 0 aliphatic heterocycles. The number of anilines is 1. The lowest BCUT2D eigenvalue weighted by atomic mass is 10.2. The minimum Gasteiger partial charge on any atom is -0.481 e. The number of carbonyl (C=O) groups excluding carboxylic acids is 1. The number of nitrogen functional groups attached to an aromatic ring is 1. The van der Waals surface area contributed by atoms with Gasteiger partial charge in [-0.1, -0.05) is 29.3 Å². The topological polar surface area (TPSA) is 77.2 Å². The second-order valence-electron chi connectivity index (χ2n) is 4.25. The van der Waals surface area contributed by atoms with Crippen molar-refractivity contribution in [1.82, 2.24) is 10.3 Å². The van der Waals surface area contributed by atoms with Crippen LogP contribution in [0.2, 0.25) is 10.0 Å². The molecule has 3 N–H and O–H groups in total. The van der Waals surface area contributed by atoms with E-state index < -0.39 is 0 Å². The van der Waals surface area contributed by atoms with Crippen molar-refractivity contribution in [2.24, 2.45) is 0 Å². The van der Waals surface area contributed by atoms with Crippen molar-refractivity contribution < 1.29 is 9.53 Å². The number of pyridine rings is 1. The molecule has 0 atom stereocenters. The van der Waals surface area contributed by atoms with Crippen LogP contribution in [0.5, 0.6) is 5.88 Å². The minimum absolute atomic E-state index is 0.249. The summed E-state index contributed by atoms with van der Waals surface area (Å²) >= 11 is 11.8. The molecule has 1 aromatic heterocycles. The first-order valence-electron chi connectivity index (χ1n) is 6.03. The highest BCUT2D eigenvalue weighted by molar-refractivity contribution is 6.39. The number of halogens is 2. The number of benzene rings is 1. The number of nitrogens with two attached hydrogens (primary N) is 1. The van der Waals surface area contributed by atoms with E-state index in [1.807, 2.05) is 6.07 Å². The van der Waals surface area contributed by atoms with Crippen LogP contribution in [0.3, 0.4) is 0 Å². The molecule has 1 amide bonds. The minimum atomic E-state index is -0.297. The molecule has 0 aliphatic rings. The van der Waals surface area contributed by atoms with Crippen molar-refractivity contribution >= 4 is 34.8 Å². The van der Waals surface area contributed by atoms with Gasteiger partial charge < -0.3 is 15.8 Å². The maximum atomic E-state index is 12.0. The number of hydrogen-bond donors (Lipinski definition) is 2. The largest absolute Gasteiger partial charge is 0.481 e. The molecule has 1 heterocycles. The van der Waals surface area contributed by atoms with Gasteiger partial charge in [0, 0.05) is 24.4 Å². The van der Waals surface area contributed by atoms with Gasteiger partial charge in [-0.25, -0.2) is 4.98 Å². The predicted molar refractivity (Wildman–Crippen MR) is 82.8 cm³/mol. The molecule has 2 aromatic rings. The molecule has 0 radical (unpaired) electrons. The van der Waals surface area contributed by atoms with Gasteiger partial charge in [0.2, 0.25) is 5.88 Å². The van der Waals surface area contributed by atoms with Crippen LogP contribution in [-0.2, 0) is 6.54 Å². The van der Waals surface area contributed by atoms with Crippen LogP contribution in [-0.4, -0.2) is 18.0 Å². The second kappa shape index (κ2) is 6.65. The number of methoxy groups -OCH3 is 1. The van der Waals surface area contributed by atoms with E-state index in [1.54, 1.807) is 19.4 Å². The summed E-state index contributed by atoms with van der Waals surface area (Å²) in [6.45, 7) is 0.329. The Bertz CT molecular complexity index is 637. The van der Waals surface area contributed by atoms with Crippen molar-refractivity contribution in [2.45, 2.75) is 6.54 Å². The zero-order valence-electron chi connectivity index (χ0n) is 11.2. The third-order valence-corrected chi connectivity index (χ3v) is 3.43. The predicted octanol–water partition coefficient (Wildman–Crippen LogP) is 2.91. The van der Waals surface area contributed by atoms with Crippen LogP contribution in [0.1, 0.15) is 15.9 Å². The molecule has 0 spiro atoms. The average Bonchev–Trinajstić information content (AvgIpc) is 2.50. The Hall–Kier alpha value is -1.98. The van der Waals surface area contributed by atoms with Gasteiger partial charge in [0.25, 0.3) is 5.91 Å². The highest BCUT2D eigenvalue weighted by atomic mass is 35.5. The number of hydrogen-bond acceptors (Lipinski definition) is 4. The van der Waals surface area contributed by atoms with Gasteiger partial charge in [-0.3, -0.25) is 4.79 Å². The second-order valence-corrected chi connectivity index (χ2v) is 5.06. The molecule has 21 heavy (non-hydrogen) atoms. The summed E-state index contributed by atoms with van der Waals surface area (Å²) in [7, 11) is 1.54. The normalized spacial score (nSPS) is 10.2. The molecule has 7 heteroatoms. The number of aromatic nitrogens is 1. The summed E-state index contributed by atoms with van der Waals surface area (Å²) in [5, 5.41) is 3.25. The van der Waals surface area contributed by atoms with Crippen molar-refractivity contribution in [3.63, 3.8) is 0 Å². The zero-order chi connectivity index (χ0) is 15.4. The lowest BCUT2D eigenvalue weighted by Gasteiger charge is -2.08. The van der Waals surface area contributed by atoms with E-state index in [4.69, 9.17) is 33.7 Å². The molecule has 0 saturated carbocycles. The Labute approximate surface area is 132 Å². The van der Waals surface area contributed by atoms with Gasteiger partial charge in [0.1, 0.15) is 0 Å². The van der Waals surface area contributed by atoms with E-state index in [0.717, 1.165) is 5.56 Å². The standard InChI is InChI=1S/C14H13Cl2N3O2/c1-21-12-3-2-8(6-18-12)7-19-14(20)9-4-10(15)13(17)11(16)5-9/h2-6H,7,17H2,1H3,(H,19,20). The smallest absolute Gasteiger partial charge is 0.251 e. The van der Waals surface area contributed by atoms with E-state index in [2.05, 4.69) is 10.3 Å². The summed E-state index contributed by atoms with van der Waals surface area (Å²) in [5.74, 6) is 0.219. The van der Waals surface area contributed by atoms with E-state index in [-0.39, 0.29) is 21.6 Å². The summed E-state index contributed by atoms with van der Waals surface area (Å²) in [4.78, 5) is 16.1. The molecule has 0 unspecified atom stereocenters. The van der Waals surface area contributed by atoms with Crippen LogP contribution in [0.25, 0.3) is 0 Å². The maximum Gasteiger partial charge on any atom is 0.251 e. The van der Waals surface area contributed by atoms with E-state index in [9.17, 15) is 4.79 Å². The Morgan fingerprint density at radius 3 is 2.52 bits per heavy atom. The lowest BCUT2D eigenvalue weighted by molar-refractivity contribution is 0.0951. The molecule has 2 rings (SSSR count). The van der Waals surface area contributed by atoms with E-state index in [0.29, 0.717) is 18.0 Å². The third kappa shape index (κ3) is 3.77. The fourth-order valence-electron chi connectivity index (χ4n) is 1.64. The van der Waals surface area contributed by atoms with Crippen LogP contribution in [0.15, 0.2) is 30.5 Å². The van der Waals surface area contributed by atoms with Crippen molar-refractivity contribution in [3.8, 4) is 5.88 Å². The molecule has 0 bridgehead atoms. The number of nitrogens with one attached hydrogen (secondary N) is 1. The Morgan fingerprint density at radius 1 is 1.33 bits per heavy atom. The van der Waals surface area contributed by atoms with E-state index >= 15 is 0 Å². The molecular formula is C14H13Cl2N3O2. The maximum absolute atomic E-state index is 12.0. The van der Waals surface area contributed by atoms with Gasteiger partial charge in [-0.2, -0.15) is 0 Å². The summed E-state index contributed by atoms with van der Waals surface area (Å²) in [5.41, 5.74) is 7.08. The Morgan fingerprint density at radius 2 is 2.00 bits per heavy atom. The van der Waals surface area contributed by atoms with Gasteiger partial charge in [0.05, 0.1) is 22.8 Å². The molecule has 0 fully saturated rings. The first kappa shape index (κ1) is 15.4. The van der Waals surface area contributed by atoms with Crippen LogP contribution < -0.4 is 15.8 Å². The Kier molecular flexibility index (Phi) is 4.88. The highest BCUT2D eigenvalue weighted by Crippen LogP contribution is 2.28. The number of nitrogens with zero attached hydrogens (tertiary/aromatic N) is 1. The monoisotopic (exact) mass is 325 g/mol. The van der Waals surface area contributed by atoms with Crippen molar-refractivity contribution in [3.05, 3.63) is 51.6 Å². The first-order chi connectivity index (χ1) is 10.0. The summed E-state index contributed by atoms with van der Waals surface area (Å²) in [6.07, 6.45) is 1.63. The summed E-state index contributed by atoms with van der Waals surface area (Å²) in [6, 6.07) is 6.49. The number of carbonyl (C=O) groups is 1. The summed E-state index contributed by atoms with van der Waals surface area (Å²) < 4.78 is 4.96. The van der Waals surface area contributed by atoms with Crippen molar-refractivity contribution in [2.75, 3.05) is 12.8 Å². The molecule has 1 aromatic carbocycles. The van der Waals surface area contributed by atoms with Gasteiger partial charge in [-0.05, 0) is 17.7 Å². The van der Waals surface area contributed by atoms with Crippen molar-refractivity contribution in [1.29, 1.82) is 0 Å². The molecular weight excluding hydrogens is 313 g/mol. The van der Waals surface area contributed by atoms with Gasteiger partial charge >= 0.3 is 0 Å². The number of ether oxygens (including phenoxy) is 1. The first-order valence-corrected chi connectivity index (χ1v) is 6.78. The van der Waals surface area contributed by atoms with Crippen LogP contribution in [0, 0.1) is 0 Å². The zero-order valence-corrected chi connectivity index (χ0v) is 12.7. The third-order valence-electron chi connectivity index (χ3n) is 2.80. The van der Waals surface area contributed by atoms with Gasteiger partial charge in [0.15, 0.2) is 0 Å². The highest BCUT2D eigenvalue weighted by Gasteiger charge is 2.11. The number of amides is 1. The fourth-order valence-corrected chi connectivity index (χ4v) is 2.12. The number of rotatable bonds is 4.